The first-order chi connectivity index (χ1) is 10.7. The van der Waals surface area contributed by atoms with Crippen LogP contribution in [0.5, 0.6) is 0 Å². The van der Waals surface area contributed by atoms with Crippen LogP contribution in [0.3, 0.4) is 0 Å². The predicted molar refractivity (Wildman–Crippen MR) is 81.8 cm³/mol. The summed E-state index contributed by atoms with van der Waals surface area (Å²) in [4.78, 5) is 30.0. The summed E-state index contributed by atoms with van der Waals surface area (Å²) in [6.45, 7) is 2.87. The van der Waals surface area contributed by atoms with E-state index < -0.39 is 0 Å². The molecule has 3 rings (SSSR count). The van der Waals surface area contributed by atoms with E-state index >= 15 is 0 Å². The molecule has 7 heteroatoms. The molecule has 1 saturated heterocycles. The molecule has 22 heavy (non-hydrogen) atoms. The van der Waals surface area contributed by atoms with E-state index in [1.807, 2.05) is 17.0 Å². The van der Waals surface area contributed by atoms with Crippen molar-refractivity contribution >= 4 is 11.7 Å². The Kier molecular flexibility index (Phi) is 4.13. The number of carbonyl (C=O) groups excluding carboxylic acids is 1. The Labute approximate surface area is 127 Å². The molecule has 114 valence electrons. The number of amides is 1. The van der Waals surface area contributed by atoms with Crippen molar-refractivity contribution in [3.63, 3.8) is 0 Å². The maximum atomic E-state index is 12.5. The minimum Gasteiger partial charge on any atom is -0.353 e. The van der Waals surface area contributed by atoms with E-state index in [4.69, 9.17) is 0 Å². The number of rotatable bonds is 2. The quantitative estimate of drug-likeness (QED) is 0.874. The molecule has 7 nitrogen and oxygen atoms in total. The van der Waals surface area contributed by atoms with Crippen LogP contribution in [0.1, 0.15) is 16.8 Å². The molecule has 0 bridgehead atoms. The first-order valence-electron chi connectivity index (χ1n) is 7.25. The van der Waals surface area contributed by atoms with Gasteiger partial charge in [0.2, 0.25) is 5.56 Å². The van der Waals surface area contributed by atoms with Gasteiger partial charge >= 0.3 is 0 Å². The van der Waals surface area contributed by atoms with E-state index in [2.05, 4.69) is 20.1 Å². The number of nitrogens with zero attached hydrogens (tertiary/aromatic N) is 4. The predicted octanol–water partition coefficient (Wildman–Crippen LogP) is 0.517. The summed E-state index contributed by atoms with van der Waals surface area (Å²) in [6, 6.07) is 6.71. The lowest BCUT2D eigenvalue weighted by Gasteiger charge is -2.22. The first kappa shape index (κ1) is 14.2. The van der Waals surface area contributed by atoms with Gasteiger partial charge in [0.05, 0.1) is 5.56 Å². The van der Waals surface area contributed by atoms with Crippen LogP contribution in [0.2, 0.25) is 0 Å². The number of aromatic nitrogens is 3. The van der Waals surface area contributed by atoms with E-state index in [-0.39, 0.29) is 11.5 Å². The first-order valence-corrected chi connectivity index (χ1v) is 7.25. The number of aromatic amines is 1. The summed E-state index contributed by atoms with van der Waals surface area (Å²) in [5.74, 6) is 0.776. The third-order valence-corrected chi connectivity index (χ3v) is 3.70. The summed E-state index contributed by atoms with van der Waals surface area (Å²) in [7, 11) is 0. The van der Waals surface area contributed by atoms with Crippen LogP contribution in [0.4, 0.5) is 5.82 Å². The van der Waals surface area contributed by atoms with Gasteiger partial charge in [-0.1, -0.05) is 0 Å². The monoisotopic (exact) mass is 299 g/mol. The van der Waals surface area contributed by atoms with Gasteiger partial charge in [0.15, 0.2) is 5.82 Å². The molecular weight excluding hydrogens is 282 g/mol. The lowest BCUT2D eigenvalue weighted by Crippen LogP contribution is -2.35. The summed E-state index contributed by atoms with van der Waals surface area (Å²) in [6.07, 6.45) is 3.98. The summed E-state index contributed by atoms with van der Waals surface area (Å²) >= 11 is 0. The van der Waals surface area contributed by atoms with E-state index in [1.165, 1.54) is 12.3 Å². The highest BCUT2D eigenvalue weighted by Gasteiger charge is 2.21. The minimum absolute atomic E-state index is 0.0581. The van der Waals surface area contributed by atoms with Gasteiger partial charge in [-0.3, -0.25) is 9.59 Å². The van der Waals surface area contributed by atoms with Gasteiger partial charge in [0.1, 0.15) is 0 Å². The average Bonchev–Trinajstić information content (AvgIpc) is 2.82. The highest BCUT2D eigenvalue weighted by Crippen LogP contribution is 2.13. The molecule has 1 aliphatic heterocycles. The van der Waals surface area contributed by atoms with Gasteiger partial charge in [0.25, 0.3) is 5.91 Å². The Bertz CT molecular complexity index is 680. The standard InChI is InChI=1S/C15H17N5O2/c21-14-5-4-12(11-16-14)15(22)20-8-2-7-19(9-10-20)13-3-1-6-17-18-13/h1,3-6,11H,2,7-10H2,(H,16,21). The van der Waals surface area contributed by atoms with E-state index in [0.29, 0.717) is 25.2 Å². The number of H-pyrrole nitrogens is 1. The Morgan fingerprint density at radius 2 is 2.05 bits per heavy atom. The van der Waals surface area contributed by atoms with Gasteiger partial charge in [-0.2, -0.15) is 5.10 Å². The van der Waals surface area contributed by atoms with E-state index in [0.717, 1.165) is 18.8 Å². The molecule has 0 unspecified atom stereocenters. The van der Waals surface area contributed by atoms with Crippen LogP contribution >= 0.6 is 0 Å². The van der Waals surface area contributed by atoms with Crippen molar-refractivity contribution in [3.8, 4) is 0 Å². The molecular formula is C15H17N5O2. The van der Waals surface area contributed by atoms with Gasteiger partial charge in [-0.25, -0.2) is 0 Å². The second-order valence-corrected chi connectivity index (χ2v) is 5.16. The molecule has 2 aromatic rings. The largest absolute Gasteiger partial charge is 0.353 e. The van der Waals surface area contributed by atoms with Crippen molar-refractivity contribution in [2.75, 3.05) is 31.1 Å². The molecule has 1 fully saturated rings. The van der Waals surface area contributed by atoms with Gasteiger partial charge in [-0.15, -0.1) is 5.10 Å². The second kappa shape index (κ2) is 6.38. The minimum atomic E-state index is -0.207. The molecule has 1 N–H and O–H groups in total. The third kappa shape index (κ3) is 3.13. The zero-order chi connectivity index (χ0) is 15.4. The zero-order valence-corrected chi connectivity index (χ0v) is 12.1. The number of pyridine rings is 1. The van der Waals surface area contributed by atoms with Crippen molar-refractivity contribution in [3.05, 3.63) is 52.6 Å². The summed E-state index contributed by atoms with van der Waals surface area (Å²) in [5.41, 5.74) is 0.300. The highest BCUT2D eigenvalue weighted by molar-refractivity contribution is 5.93. The lowest BCUT2D eigenvalue weighted by atomic mass is 10.2. The van der Waals surface area contributed by atoms with Crippen LogP contribution < -0.4 is 10.5 Å². The molecule has 0 saturated carbocycles. The summed E-state index contributed by atoms with van der Waals surface area (Å²) < 4.78 is 0. The molecule has 0 radical (unpaired) electrons. The third-order valence-electron chi connectivity index (χ3n) is 3.70. The smallest absolute Gasteiger partial charge is 0.255 e. The average molecular weight is 299 g/mol. The molecule has 0 aliphatic carbocycles. The second-order valence-electron chi connectivity index (χ2n) is 5.16. The van der Waals surface area contributed by atoms with Gasteiger partial charge < -0.3 is 14.8 Å². The molecule has 1 aliphatic rings. The number of carbonyl (C=O) groups is 1. The molecule has 0 atom stereocenters. The Hall–Kier alpha value is -2.70. The lowest BCUT2D eigenvalue weighted by molar-refractivity contribution is 0.0766. The maximum absolute atomic E-state index is 12.5. The van der Waals surface area contributed by atoms with Crippen molar-refractivity contribution in [2.24, 2.45) is 0 Å². The van der Waals surface area contributed by atoms with Crippen molar-refractivity contribution < 1.29 is 4.79 Å². The number of hydrogen-bond donors (Lipinski definition) is 1. The molecule has 3 heterocycles. The topological polar surface area (TPSA) is 82.2 Å². The Balaban J connectivity index is 1.68. The molecule has 1 amide bonds. The highest BCUT2D eigenvalue weighted by atomic mass is 16.2. The van der Waals surface area contributed by atoms with E-state index in [9.17, 15) is 9.59 Å². The molecule has 2 aromatic heterocycles. The number of nitrogens with one attached hydrogen (secondary N) is 1. The zero-order valence-electron chi connectivity index (χ0n) is 12.1. The number of hydrogen-bond acceptors (Lipinski definition) is 5. The maximum Gasteiger partial charge on any atom is 0.255 e. The van der Waals surface area contributed by atoms with Crippen LogP contribution in [0, 0.1) is 0 Å². The SMILES string of the molecule is O=C(c1ccc(=O)[nH]c1)N1CCCN(c2cccnn2)CC1. The molecule has 0 aromatic carbocycles. The normalized spacial score (nSPS) is 15.5. The summed E-state index contributed by atoms with van der Waals surface area (Å²) in [5, 5.41) is 8.01. The van der Waals surface area contributed by atoms with E-state index in [1.54, 1.807) is 12.3 Å². The van der Waals surface area contributed by atoms with Crippen LogP contribution in [-0.2, 0) is 0 Å². The van der Waals surface area contributed by atoms with Gasteiger partial charge in [-0.05, 0) is 24.6 Å². The fourth-order valence-corrected chi connectivity index (χ4v) is 2.54. The molecule has 0 spiro atoms. The van der Waals surface area contributed by atoms with Gasteiger partial charge in [0, 0.05) is 44.6 Å². The number of anilines is 1. The fraction of sp³-hybridized carbons (Fsp3) is 0.333. The van der Waals surface area contributed by atoms with Crippen LogP contribution in [0.25, 0.3) is 0 Å². The van der Waals surface area contributed by atoms with Crippen LogP contribution in [-0.4, -0.2) is 52.2 Å². The van der Waals surface area contributed by atoms with Crippen molar-refractivity contribution in [2.45, 2.75) is 6.42 Å². The Morgan fingerprint density at radius 3 is 2.77 bits per heavy atom. The van der Waals surface area contributed by atoms with Crippen molar-refractivity contribution in [1.29, 1.82) is 0 Å². The fourth-order valence-electron chi connectivity index (χ4n) is 2.54. The van der Waals surface area contributed by atoms with Crippen LogP contribution in [0.15, 0.2) is 41.5 Å². The Morgan fingerprint density at radius 1 is 1.14 bits per heavy atom. The van der Waals surface area contributed by atoms with Crippen molar-refractivity contribution in [1.82, 2.24) is 20.1 Å².